The maximum Gasteiger partial charge on any atom is 1.00 e. The largest absolute Gasteiger partial charge is 1.00 e. The van der Waals surface area contributed by atoms with Crippen LogP contribution < -0.4 is 61.4 Å². The van der Waals surface area contributed by atoms with Crippen LogP contribution in [0, 0.1) is 26.2 Å². The number of methoxy groups -OCH3 is 1. The topological polar surface area (TPSA) is 68.3 Å². The number of hydrogen-bond acceptors (Lipinski definition) is 4. The maximum atomic E-state index is 12.1. The Balaban J connectivity index is 0.000000327. The van der Waals surface area contributed by atoms with E-state index in [1.165, 1.54) is 6.20 Å². The summed E-state index contributed by atoms with van der Waals surface area (Å²) in [7, 11) is 1.64. The Morgan fingerprint density at radius 1 is 1.34 bits per heavy atom. The Morgan fingerprint density at radius 3 is 2.62 bits per heavy atom. The molecule has 1 amide bonds. The standard InChI is InChI=1S/C15H20NO2.C7H4BrNO.K/c1-11-8-9-13(10-14(11)18-2)16-15(17)12-6-4-3-5-7-12;1-5-6(4-10)2-9-3-7(5)8;/h3,8-10,12H,4-7H2,1-2H3,(H,16,17);2-3H,1H2;/q-1;-2;+1. The summed E-state index contributed by atoms with van der Waals surface area (Å²) in [6, 6.07) is 5.76. The molecule has 5 nitrogen and oxygen atoms in total. The molecule has 0 radical (unpaired) electrons. The van der Waals surface area contributed by atoms with E-state index in [2.05, 4.69) is 39.6 Å². The molecule has 7 heteroatoms. The minimum atomic E-state index is 0. The molecular formula is C22H24BrKN2O3-2. The predicted octanol–water partition coefficient (Wildman–Crippen LogP) is 1.82. The zero-order valence-corrected chi connectivity index (χ0v) is 21.8. The van der Waals surface area contributed by atoms with Gasteiger partial charge < -0.3 is 26.3 Å². The van der Waals surface area contributed by atoms with Crippen LogP contribution in [0.2, 0.25) is 0 Å². The molecule has 0 aliphatic heterocycles. The number of carbonyl (C=O) groups is 1. The van der Waals surface area contributed by atoms with E-state index in [9.17, 15) is 9.59 Å². The zero-order valence-electron chi connectivity index (χ0n) is 17.1. The van der Waals surface area contributed by atoms with Crippen LogP contribution >= 0.6 is 15.9 Å². The minimum Gasteiger partial charge on any atom is -0.496 e. The van der Waals surface area contributed by atoms with Crippen molar-refractivity contribution in [2.24, 2.45) is 5.92 Å². The van der Waals surface area contributed by atoms with Crippen molar-refractivity contribution in [1.82, 2.24) is 4.98 Å². The van der Waals surface area contributed by atoms with Gasteiger partial charge in [0.25, 0.3) is 0 Å². The van der Waals surface area contributed by atoms with Gasteiger partial charge in [-0.3, -0.25) is 17.3 Å². The normalized spacial score (nSPS) is 13.3. The zero-order chi connectivity index (χ0) is 20.5. The summed E-state index contributed by atoms with van der Waals surface area (Å²) < 4.78 is 5.99. The van der Waals surface area contributed by atoms with Crippen LogP contribution in [0.1, 0.15) is 42.4 Å². The van der Waals surface area contributed by atoms with Crippen molar-refractivity contribution in [2.45, 2.75) is 32.6 Å². The quantitative estimate of drug-likeness (QED) is 0.533. The van der Waals surface area contributed by atoms with Gasteiger partial charge in [0, 0.05) is 17.7 Å². The molecule has 1 fully saturated rings. The Kier molecular flexibility index (Phi) is 12.3. The number of anilines is 1. The maximum absolute atomic E-state index is 12.1. The number of pyridine rings is 1. The second kappa shape index (κ2) is 13.6. The van der Waals surface area contributed by atoms with Gasteiger partial charge in [0.1, 0.15) is 5.75 Å². The number of aryl methyl sites for hydroxylation is 1. The molecule has 0 unspecified atom stereocenters. The van der Waals surface area contributed by atoms with Crippen LogP contribution in [-0.4, -0.2) is 24.3 Å². The van der Waals surface area contributed by atoms with E-state index in [0.717, 1.165) is 47.2 Å². The first kappa shape index (κ1) is 26.3. The van der Waals surface area contributed by atoms with E-state index in [-0.39, 0.29) is 63.2 Å². The molecule has 0 spiro atoms. The molecule has 1 heterocycles. The van der Waals surface area contributed by atoms with Gasteiger partial charge in [-0.25, -0.2) is 5.56 Å². The Labute approximate surface area is 223 Å². The van der Waals surface area contributed by atoms with Crippen LogP contribution in [0.5, 0.6) is 5.75 Å². The third-order valence-corrected chi connectivity index (χ3v) is 5.28. The van der Waals surface area contributed by atoms with Crippen LogP contribution in [0.3, 0.4) is 0 Å². The van der Waals surface area contributed by atoms with Crippen molar-refractivity contribution in [2.75, 3.05) is 12.4 Å². The fourth-order valence-electron chi connectivity index (χ4n) is 2.88. The van der Waals surface area contributed by atoms with Crippen molar-refractivity contribution in [3.8, 4) is 5.75 Å². The minimum absolute atomic E-state index is 0. The summed E-state index contributed by atoms with van der Waals surface area (Å²) in [6.45, 7) is 5.63. The summed E-state index contributed by atoms with van der Waals surface area (Å²) in [6.07, 6.45) is 11.0. The van der Waals surface area contributed by atoms with Crippen molar-refractivity contribution < 1.29 is 65.7 Å². The molecule has 1 aliphatic rings. The van der Waals surface area contributed by atoms with E-state index >= 15 is 0 Å². The van der Waals surface area contributed by atoms with Crippen molar-refractivity contribution >= 4 is 33.8 Å². The van der Waals surface area contributed by atoms with Gasteiger partial charge in [0.15, 0.2) is 0 Å². The van der Waals surface area contributed by atoms with Crippen molar-refractivity contribution in [3.63, 3.8) is 0 Å². The van der Waals surface area contributed by atoms with Crippen LogP contribution in [0.25, 0.3) is 0 Å². The number of carbonyl (C=O) groups excluding carboxylic acids is 2. The first-order chi connectivity index (χ1) is 13.5. The fraction of sp³-hybridized carbons (Fsp3) is 0.318. The summed E-state index contributed by atoms with van der Waals surface area (Å²) >= 11 is 3.18. The number of amides is 1. The number of nitrogens with zero attached hydrogens (tertiary/aromatic N) is 1. The number of nitrogens with one attached hydrogen (secondary N) is 1. The Bertz CT molecular complexity index is 824. The molecule has 3 rings (SSSR count). The first-order valence-electron chi connectivity index (χ1n) is 9.07. The molecule has 1 aromatic heterocycles. The molecular weight excluding hydrogens is 459 g/mol. The first-order valence-corrected chi connectivity index (χ1v) is 9.86. The summed E-state index contributed by atoms with van der Waals surface area (Å²) in [5, 5.41) is 2.98. The Morgan fingerprint density at radius 2 is 2.03 bits per heavy atom. The van der Waals surface area contributed by atoms with E-state index in [1.54, 1.807) is 19.6 Å². The van der Waals surface area contributed by atoms with E-state index < -0.39 is 0 Å². The smallest absolute Gasteiger partial charge is 0.496 e. The monoisotopic (exact) mass is 482 g/mol. The average molecular weight is 483 g/mol. The Hall–Kier alpha value is -0.704. The fourth-order valence-corrected chi connectivity index (χ4v) is 3.21. The number of benzene rings is 1. The molecule has 1 aliphatic carbocycles. The summed E-state index contributed by atoms with van der Waals surface area (Å²) in [5.74, 6) is 1.10. The van der Waals surface area contributed by atoms with Gasteiger partial charge in [-0.05, 0) is 31.0 Å². The van der Waals surface area contributed by atoms with Crippen molar-refractivity contribution in [3.05, 3.63) is 65.1 Å². The van der Waals surface area contributed by atoms with E-state index in [0.29, 0.717) is 11.1 Å². The van der Waals surface area contributed by atoms with E-state index in [4.69, 9.17) is 4.74 Å². The van der Waals surface area contributed by atoms with E-state index in [1.807, 2.05) is 25.1 Å². The number of rotatable bonds is 4. The van der Waals surface area contributed by atoms with Crippen LogP contribution in [-0.2, 0) is 9.59 Å². The van der Waals surface area contributed by atoms with Crippen molar-refractivity contribution in [1.29, 1.82) is 0 Å². The number of ether oxygens (including phenoxy) is 1. The molecule has 0 bridgehead atoms. The molecule has 29 heavy (non-hydrogen) atoms. The summed E-state index contributed by atoms with van der Waals surface area (Å²) in [5.41, 5.74) is 2.92. The molecule has 150 valence electrons. The van der Waals surface area contributed by atoms with Gasteiger partial charge in [0.05, 0.1) is 7.11 Å². The molecule has 1 N–H and O–H groups in total. The molecule has 1 saturated carbocycles. The summed E-state index contributed by atoms with van der Waals surface area (Å²) in [4.78, 5) is 26.0. The third kappa shape index (κ3) is 8.15. The SMILES string of the molecule is COc1cc(NC(=O)C2CC[CH-]CC2)ccc1C.[CH2-]c1c(Br)cncc1[C-]=O.[K+]. The average Bonchev–Trinajstić information content (AvgIpc) is 2.72. The van der Waals surface area contributed by atoms with Gasteiger partial charge in [-0.15, -0.1) is 26.6 Å². The van der Waals surface area contributed by atoms with Gasteiger partial charge in [0.2, 0.25) is 5.91 Å². The number of hydrogen-bond donors (Lipinski definition) is 1. The molecule has 0 atom stereocenters. The second-order valence-electron chi connectivity index (χ2n) is 6.56. The second-order valence-corrected chi connectivity index (χ2v) is 7.42. The molecule has 2 aromatic rings. The van der Waals surface area contributed by atoms with Gasteiger partial charge in [-0.1, -0.05) is 18.9 Å². The van der Waals surface area contributed by atoms with Gasteiger partial charge >= 0.3 is 51.4 Å². The predicted molar refractivity (Wildman–Crippen MR) is 114 cm³/mol. The third-order valence-electron chi connectivity index (χ3n) is 4.60. The van der Waals surface area contributed by atoms with Crippen LogP contribution in [0.15, 0.2) is 35.1 Å². The molecule has 0 saturated heterocycles. The molecule has 1 aromatic carbocycles. The van der Waals surface area contributed by atoms with Gasteiger partial charge in [-0.2, -0.15) is 12.8 Å². The van der Waals surface area contributed by atoms with Crippen LogP contribution in [0.4, 0.5) is 5.69 Å². The number of halogens is 1. The number of aromatic nitrogens is 1.